The Hall–Kier alpha value is -2.15. The van der Waals surface area contributed by atoms with Gasteiger partial charge in [0.05, 0.1) is 11.3 Å². The van der Waals surface area contributed by atoms with Crippen LogP contribution in [-0.4, -0.2) is 22.9 Å². The number of nitrogens with two attached hydrogens (primary N) is 1. The highest BCUT2D eigenvalue weighted by molar-refractivity contribution is 6.00. The normalized spacial score (nSPS) is 24.4. The van der Waals surface area contributed by atoms with Crippen molar-refractivity contribution in [2.24, 2.45) is 5.73 Å². The molecule has 20 heavy (non-hydrogen) atoms. The molecular weight excluding hydrogens is 260 g/mol. The van der Waals surface area contributed by atoms with E-state index in [2.05, 4.69) is 10.6 Å². The van der Waals surface area contributed by atoms with Gasteiger partial charge in [0.2, 0.25) is 5.91 Å². The fraction of sp³-hybridized carbons (Fsp3) is 0.462. The molecule has 1 aromatic rings. The van der Waals surface area contributed by atoms with Crippen molar-refractivity contribution in [3.8, 4) is 0 Å². The number of carbonyl (C=O) groups excluding carboxylic acids is 1. The van der Waals surface area contributed by atoms with Gasteiger partial charge < -0.3 is 16.4 Å². The Morgan fingerprint density at radius 1 is 1.40 bits per heavy atom. The smallest absolute Gasteiger partial charge is 0.292 e. The van der Waals surface area contributed by atoms with Gasteiger partial charge in [-0.1, -0.05) is 0 Å². The minimum atomic E-state index is -0.425. The van der Waals surface area contributed by atoms with Gasteiger partial charge in [-0.05, 0) is 30.9 Å². The van der Waals surface area contributed by atoms with E-state index >= 15 is 0 Å². The molecule has 0 bridgehead atoms. The number of fused-ring (bicyclic) bond motifs is 1. The molecule has 2 aliphatic rings. The molecule has 1 saturated carbocycles. The first-order valence-corrected chi connectivity index (χ1v) is 6.68. The second-order valence-electron chi connectivity index (χ2n) is 5.35. The zero-order chi connectivity index (χ0) is 14.3. The number of rotatable bonds is 3. The fourth-order valence-corrected chi connectivity index (χ4v) is 2.90. The second kappa shape index (κ2) is 4.75. The molecule has 2 unspecified atom stereocenters. The van der Waals surface area contributed by atoms with Crippen molar-refractivity contribution in [3.05, 3.63) is 27.8 Å². The van der Waals surface area contributed by atoms with Gasteiger partial charge in [-0.2, -0.15) is 0 Å². The number of nitro benzene ring substituents is 1. The Morgan fingerprint density at radius 2 is 2.20 bits per heavy atom. The molecule has 0 radical (unpaired) electrons. The van der Waals surface area contributed by atoms with E-state index in [9.17, 15) is 14.9 Å². The third kappa shape index (κ3) is 2.20. The summed E-state index contributed by atoms with van der Waals surface area (Å²) in [7, 11) is 0. The van der Waals surface area contributed by atoms with E-state index in [1.165, 1.54) is 6.07 Å². The summed E-state index contributed by atoms with van der Waals surface area (Å²) < 4.78 is 0. The number of benzene rings is 1. The lowest BCUT2D eigenvalue weighted by Crippen LogP contribution is -2.35. The Labute approximate surface area is 115 Å². The van der Waals surface area contributed by atoms with Gasteiger partial charge >= 0.3 is 0 Å². The Balaban J connectivity index is 1.94. The highest BCUT2D eigenvalue weighted by Gasteiger charge is 2.29. The summed E-state index contributed by atoms with van der Waals surface area (Å²) in [5.74, 6) is -0.135. The molecule has 3 rings (SSSR count). The number of carbonyl (C=O) groups is 1. The lowest BCUT2D eigenvalue weighted by atomic mass is 10.1. The van der Waals surface area contributed by atoms with Crippen LogP contribution in [0.15, 0.2) is 12.1 Å². The third-order valence-corrected chi connectivity index (χ3v) is 3.95. The number of nitrogens with zero attached hydrogens (tertiary/aromatic N) is 1. The number of nitrogens with one attached hydrogen (secondary N) is 2. The van der Waals surface area contributed by atoms with Crippen LogP contribution in [0.4, 0.5) is 17.1 Å². The maximum absolute atomic E-state index is 11.4. The van der Waals surface area contributed by atoms with Crippen LogP contribution in [0.1, 0.15) is 24.8 Å². The van der Waals surface area contributed by atoms with Crippen molar-refractivity contribution in [3.63, 3.8) is 0 Å². The molecule has 0 aromatic heterocycles. The molecule has 1 fully saturated rings. The van der Waals surface area contributed by atoms with Crippen molar-refractivity contribution >= 4 is 23.0 Å². The van der Waals surface area contributed by atoms with Gasteiger partial charge in [-0.3, -0.25) is 14.9 Å². The van der Waals surface area contributed by atoms with Gasteiger partial charge in [0, 0.05) is 23.8 Å². The van der Waals surface area contributed by atoms with Crippen molar-refractivity contribution in [1.82, 2.24) is 0 Å². The maximum atomic E-state index is 11.4. The molecule has 2 atom stereocenters. The third-order valence-electron chi connectivity index (χ3n) is 3.95. The quantitative estimate of drug-likeness (QED) is 0.570. The minimum absolute atomic E-state index is 0.000602. The van der Waals surface area contributed by atoms with Gasteiger partial charge in [0.25, 0.3) is 5.69 Å². The summed E-state index contributed by atoms with van der Waals surface area (Å²) in [6.45, 7) is 0. The second-order valence-corrected chi connectivity index (χ2v) is 5.35. The monoisotopic (exact) mass is 276 g/mol. The summed E-state index contributed by atoms with van der Waals surface area (Å²) in [4.78, 5) is 22.1. The van der Waals surface area contributed by atoms with Gasteiger partial charge in [0.15, 0.2) is 0 Å². The molecule has 1 amide bonds. The van der Waals surface area contributed by atoms with Gasteiger partial charge in [0.1, 0.15) is 5.69 Å². The fourth-order valence-electron chi connectivity index (χ4n) is 2.90. The molecule has 0 spiro atoms. The number of nitro groups is 1. The zero-order valence-electron chi connectivity index (χ0n) is 10.9. The lowest BCUT2D eigenvalue weighted by molar-refractivity contribution is -0.384. The predicted octanol–water partition coefficient (Wildman–Crippen LogP) is 1.38. The van der Waals surface area contributed by atoms with Crippen molar-refractivity contribution in [1.29, 1.82) is 0 Å². The van der Waals surface area contributed by atoms with Crippen LogP contribution in [0.25, 0.3) is 0 Å². The van der Waals surface area contributed by atoms with E-state index in [0.29, 0.717) is 16.9 Å². The Bertz CT molecular complexity index is 587. The predicted molar refractivity (Wildman–Crippen MR) is 74.7 cm³/mol. The first-order chi connectivity index (χ1) is 9.54. The molecule has 0 saturated heterocycles. The van der Waals surface area contributed by atoms with Crippen LogP contribution in [0.5, 0.6) is 0 Å². The largest absolute Gasteiger partial charge is 0.375 e. The summed E-state index contributed by atoms with van der Waals surface area (Å²) in [5.41, 5.74) is 7.73. The highest BCUT2D eigenvalue weighted by atomic mass is 16.6. The molecule has 1 aromatic carbocycles. The van der Waals surface area contributed by atoms with Crippen LogP contribution in [0, 0.1) is 10.1 Å². The molecule has 7 heteroatoms. The van der Waals surface area contributed by atoms with E-state index in [1.807, 2.05) is 0 Å². The number of hydrogen-bond donors (Lipinski definition) is 3. The molecule has 7 nitrogen and oxygen atoms in total. The highest BCUT2D eigenvalue weighted by Crippen LogP contribution is 2.36. The number of hydrogen-bond acceptors (Lipinski definition) is 5. The van der Waals surface area contributed by atoms with E-state index in [-0.39, 0.29) is 30.1 Å². The topological polar surface area (TPSA) is 110 Å². The Kier molecular flexibility index (Phi) is 3.06. The average Bonchev–Trinajstić information content (AvgIpc) is 2.93. The lowest BCUT2D eigenvalue weighted by Gasteiger charge is -2.19. The van der Waals surface area contributed by atoms with Crippen molar-refractivity contribution in [2.45, 2.75) is 37.8 Å². The maximum Gasteiger partial charge on any atom is 0.292 e. The zero-order valence-corrected chi connectivity index (χ0v) is 10.9. The van der Waals surface area contributed by atoms with Crippen LogP contribution < -0.4 is 16.4 Å². The Morgan fingerprint density at radius 3 is 2.85 bits per heavy atom. The van der Waals surface area contributed by atoms with Gasteiger partial charge in [-0.15, -0.1) is 0 Å². The first kappa shape index (κ1) is 12.9. The standard InChI is InChI=1S/C13H16N4O3/c14-8-2-1-3-9(8)15-11-6-10-7(5-13(18)16-10)4-12(11)17(19)20/h4,6,8-9,15H,1-3,5,14H2,(H,16,18). The minimum Gasteiger partial charge on any atom is -0.375 e. The van der Waals surface area contributed by atoms with E-state index in [4.69, 9.17) is 5.73 Å². The average molecular weight is 276 g/mol. The number of anilines is 2. The summed E-state index contributed by atoms with van der Waals surface area (Å²) in [5, 5.41) is 17.1. The molecule has 1 aliphatic carbocycles. The SMILES string of the molecule is NC1CCCC1Nc1cc2c(cc1[N+](=O)[O-])CC(=O)N2. The van der Waals surface area contributed by atoms with Crippen LogP contribution in [0.3, 0.4) is 0 Å². The summed E-state index contributed by atoms with van der Waals surface area (Å²) >= 11 is 0. The van der Waals surface area contributed by atoms with E-state index < -0.39 is 4.92 Å². The molecule has 4 N–H and O–H groups in total. The van der Waals surface area contributed by atoms with Crippen molar-refractivity contribution in [2.75, 3.05) is 10.6 Å². The van der Waals surface area contributed by atoms with E-state index in [1.54, 1.807) is 6.07 Å². The summed E-state index contributed by atoms with van der Waals surface area (Å²) in [6, 6.07) is 3.17. The summed E-state index contributed by atoms with van der Waals surface area (Å²) in [6.07, 6.45) is 3.04. The van der Waals surface area contributed by atoms with Crippen LogP contribution in [0.2, 0.25) is 0 Å². The van der Waals surface area contributed by atoms with E-state index in [0.717, 1.165) is 19.3 Å². The van der Waals surface area contributed by atoms with Crippen molar-refractivity contribution < 1.29 is 9.72 Å². The van der Waals surface area contributed by atoms with Gasteiger partial charge in [-0.25, -0.2) is 0 Å². The molecule has 1 heterocycles. The first-order valence-electron chi connectivity index (χ1n) is 6.68. The van der Waals surface area contributed by atoms with Crippen LogP contribution in [-0.2, 0) is 11.2 Å². The molecule has 106 valence electrons. The van der Waals surface area contributed by atoms with Crippen LogP contribution >= 0.6 is 0 Å². The molecular formula is C13H16N4O3. The number of amides is 1. The molecule has 1 aliphatic heterocycles.